The van der Waals surface area contributed by atoms with Crippen LogP contribution in [-0.4, -0.2) is 4.37 Å². The molecule has 0 atom stereocenters. The van der Waals surface area contributed by atoms with E-state index in [1.54, 1.807) is 19.1 Å². The summed E-state index contributed by atoms with van der Waals surface area (Å²) in [6.45, 7) is 3.75. The van der Waals surface area contributed by atoms with Crippen LogP contribution in [0.1, 0.15) is 22.4 Å². The van der Waals surface area contributed by atoms with Crippen LogP contribution in [0.15, 0.2) is 18.2 Å². The van der Waals surface area contributed by atoms with Crippen LogP contribution < -0.4 is 5.32 Å². The molecule has 0 saturated carbocycles. The van der Waals surface area contributed by atoms with Gasteiger partial charge in [0, 0.05) is 5.69 Å². The Morgan fingerprint density at radius 3 is 2.67 bits per heavy atom. The van der Waals surface area contributed by atoms with E-state index < -0.39 is 0 Å². The minimum absolute atomic E-state index is 0.557. The van der Waals surface area contributed by atoms with Gasteiger partial charge in [0.2, 0.25) is 0 Å². The van der Waals surface area contributed by atoms with Gasteiger partial charge in [-0.2, -0.15) is 14.9 Å². The molecule has 4 nitrogen and oxygen atoms in total. The Kier molecular flexibility index (Phi) is 3.27. The summed E-state index contributed by atoms with van der Waals surface area (Å²) < 4.78 is 4.15. The zero-order valence-corrected chi connectivity index (χ0v) is 10.8. The standard InChI is InChI=1S/C13H10N4S/c1-8-3-4-10(6-14)5-12(8)16-13-11(7-15)9(2)17-18-13/h3-5,16H,1-2H3. The van der Waals surface area contributed by atoms with E-state index in [4.69, 9.17) is 10.5 Å². The van der Waals surface area contributed by atoms with E-state index in [0.29, 0.717) is 16.1 Å². The van der Waals surface area contributed by atoms with E-state index in [9.17, 15) is 0 Å². The van der Waals surface area contributed by atoms with Crippen LogP contribution in [0.4, 0.5) is 10.7 Å². The van der Waals surface area contributed by atoms with Crippen molar-refractivity contribution in [3.05, 3.63) is 40.6 Å². The summed E-state index contributed by atoms with van der Waals surface area (Å²) in [5.74, 6) is 0. The SMILES string of the molecule is Cc1ccc(C#N)cc1Nc1snc(C)c1C#N. The summed E-state index contributed by atoms with van der Waals surface area (Å²) in [5.41, 5.74) is 3.71. The molecule has 0 unspecified atom stereocenters. The number of nitrogens with one attached hydrogen (secondary N) is 1. The molecule has 0 radical (unpaired) electrons. The molecule has 5 heteroatoms. The van der Waals surface area contributed by atoms with Crippen molar-refractivity contribution in [3.8, 4) is 12.1 Å². The number of hydrogen-bond acceptors (Lipinski definition) is 5. The van der Waals surface area contributed by atoms with Crippen molar-refractivity contribution in [2.75, 3.05) is 5.32 Å². The number of hydrogen-bond donors (Lipinski definition) is 1. The number of rotatable bonds is 2. The summed E-state index contributed by atoms with van der Waals surface area (Å²) >= 11 is 1.25. The zero-order chi connectivity index (χ0) is 13.1. The molecule has 1 heterocycles. The predicted molar refractivity (Wildman–Crippen MR) is 70.7 cm³/mol. The lowest BCUT2D eigenvalue weighted by atomic mass is 10.1. The molecule has 1 aromatic carbocycles. The second-order valence-corrected chi connectivity index (χ2v) is 4.62. The average Bonchev–Trinajstić information content (AvgIpc) is 2.72. The normalized spacial score (nSPS) is 9.56. The molecule has 0 spiro atoms. The van der Waals surface area contributed by atoms with Crippen molar-refractivity contribution in [1.29, 1.82) is 10.5 Å². The minimum atomic E-state index is 0.557. The molecule has 1 N–H and O–H groups in total. The van der Waals surface area contributed by atoms with Gasteiger partial charge in [-0.05, 0) is 43.1 Å². The van der Waals surface area contributed by atoms with Crippen LogP contribution >= 0.6 is 11.5 Å². The van der Waals surface area contributed by atoms with E-state index in [1.165, 1.54) is 11.5 Å². The second-order valence-electron chi connectivity index (χ2n) is 3.85. The highest BCUT2D eigenvalue weighted by molar-refractivity contribution is 7.10. The number of anilines is 2. The van der Waals surface area contributed by atoms with E-state index in [2.05, 4.69) is 21.8 Å². The Morgan fingerprint density at radius 2 is 2.00 bits per heavy atom. The Hall–Kier alpha value is -2.37. The molecule has 0 aliphatic rings. The van der Waals surface area contributed by atoms with Gasteiger partial charge in [0.05, 0.1) is 17.3 Å². The fourth-order valence-electron chi connectivity index (χ4n) is 1.54. The Balaban J connectivity index is 2.40. The van der Waals surface area contributed by atoms with Gasteiger partial charge in [0.15, 0.2) is 0 Å². The number of benzene rings is 1. The maximum Gasteiger partial charge on any atom is 0.132 e. The smallest absolute Gasteiger partial charge is 0.132 e. The Labute approximate surface area is 109 Å². The molecule has 2 aromatic rings. The molecule has 0 aliphatic carbocycles. The van der Waals surface area contributed by atoms with Crippen LogP contribution in [0.3, 0.4) is 0 Å². The molecule has 2 rings (SSSR count). The first-order valence-corrected chi connectivity index (χ1v) is 6.07. The van der Waals surface area contributed by atoms with E-state index in [-0.39, 0.29) is 0 Å². The summed E-state index contributed by atoms with van der Waals surface area (Å²) in [4.78, 5) is 0. The molecule has 0 saturated heterocycles. The van der Waals surface area contributed by atoms with Gasteiger partial charge in [0.25, 0.3) is 0 Å². The molecule has 0 amide bonds. The topological polar surface area (TPSA) is 72.5 Å². The predicted octanol–water partition coefficient (Wildman–Crippen LogP) is 3.25. The van der Waals surface area contributed by atoms with Crippen LogP contribution in [0, 0.1) is 36.5 Å². The van der Waals surface area contributed by atoms with Gasteiger partial charge in [-0.15, -0.1) is 0 Å². The monoisotopic (exact) mass is 254 g/mol. The molecule has 18 heavy (non-hydrogen) atoms. The van der Waals surface area contributed by atoms with Gasteiger partial charge in [-0.25, -0.2) is 0 Å². The molecule has 1 aromatic heterocycles. The number of nitrogens with zero attached hydrogens (tertiary/aromatic N) is 3. The first-order valence-electron chi connectivity index (χ1n) is 5.30. The van der Waals surface area contributed by atoms with Crippen molar-refractivity contribution in [1.82, 2.24) is 4.37 Å². The van der Waals surface area contributed by atoms with Gasteiger partial charge in [-0.3, -0.25) is 0 Å². The third-order valence-corrected chi connectivity index (χ3v) is 3.44. The third kappa shape index (κ3) is 2.17. The maximum atomic E-state index is 9.06. The average molecular weight is 254 g/mol. The van der Waals surface area contributed by atoms with E-state index in [1.807, 2.05) is 13.0 Å². The van der Waals surface area contributed by atoms with Gasteiger partial charge in [-0.1, -0.05) is 6.07 Å². The first kappa shape index (κ1) is 12.1. The quantitative estimate of drug-likeness (QED) is 0.892. The van der Waals surface area contributed by atoms with E-state index in [0.717, 1.165) is 16.9 Å². The van der Waals surface area contributed by atoms with Crippen LogP contribution in [0.2, 0.25) is 0 Å². The van der Waals surface area contributed by atoms with Crippen LogP contribution in [-0.2, 0) is 0 Å². The highest BCUT2D eigenvalue weighted by atomic mass is 32.1. The van der Waals surface area contributed by atoms with Crippen molar-refractivity contribution >= 4 is 22.2 Å². The largest absolute Gasteiger partial charge is 0.345 e. The van der Waals surface area contributed by atoms with Crippen molar-refractivity contribution < 1.29 is 0 Å². The highest BCUT2D eigenvalue weighted by Gasteiger charge is 2.11. The lowest BCUT2D eigenvalue weighted by molar-refractivity contribution is 1.31. The first-order chi connectivity index (χ1) is 8.65. The molecule has 88 valence electrons. The maximum absolute atomic E-state index is 9.06. The highest BCUT2D eigenvalue weighted by Crippen LogP contribution is 2.29. The number of aryl methyl sites for hydroxylation is 2. The number of aromatic nitrogens is 1. The molecular formula is C13H10N4S. The lowest BCUT2D eigenvalue weighted by Crippen LogP contribution is -1.94. The van der Waals surface area contributed by atoms with Gasteiger partial charge in [0.1, 0.15) is 16.6 Å². The lowest BCUT2D eigenvalue weighted by Gasteiger charge is -2.07. The Morgan fingerprint density at radius 1 is 1.22 bits per heavy atom. The molecule has 0 fully saturated rings. The molecular weight excluding hydrogens is 244 g/mol. The van der Waals surface area contributed by atoms with Crippen molar-refractivity contribution in [2.24, 2.45) is 0 Å². The zero-order valence-electron chi connectivity index (χ0n) is 9.98. The summed E-state index contributed by atoms with van der Waals surface area (Å²) in [5, 5.41) is 21.8. The minimum Gasteiger partial charge on any atom is -0.345 e. The molecule has 0 bridgehead atoms. The fourth-order valence-corrected chi connectivity index (χ4v) is 2.29. The van der Waals surface area contributed by atoms with Crippen LogP contribution in [0.5, 0.6) is 0 Å². The van der Waals surface area contributed by atoms with Gasteiger partial charge < -0.3 is 5.32 Å². The van der Waals surface area contributed by atoms with Gasteiger partial charge >= 0.3 is 0 Å². The fraction of sp³-hybridized carbons (Fsp3) is 0.154. The van der Waals surface area contributed by atoms with Crippen molar-refractivity contribution in [3.63, 3.8) is 0 Å². The second kappa shape index (κ2) is 4.87. The molecule has 0 aliphatic heterocycles. The summed E-state index contributed by atoms with van der Waals surface area (Å²) in [7, 11) is 0. The summed E-state index contributed by atoms with van der Waals surface area (Å²) in [6, 6.07) is 9.64. The van der Waals surface area contributed by atoms with Crippen molar-refractivity contribution in [2.45, 2.75) is 13.8 Å². The van der Waals surface area contributed by atoms with E-state index >= 15 is 0 Å². The van der Waals surface area contributed by atoms with Crippen LogP contribution in [0.25, 0.3) is 0 Å². The number of nitriles is 2. The third-order valence-electron chi connectivity index (χ3n) is 2.59. The Bertz CT molecular complexity index is 673. The summed E-state index contributed by atoms with van der Waals surface area (Å²) in [6.07, 6.45) is 0.